The number of amides is 1. The number of benzene rings is 3. The Balaban J connectivity index is 1.49. The molecule has 5 rings (SSSR count). The van der Waals surface area contributed by atoms with E-state index in [2.05, 4.69) is 47.3 Å². The summed E-state index contributed by atoms with van der Waals surface area (Å²) in [6.07, 6.45) is 4.41. The summed E-state index contributed by atoms with van der Waals surface area (Å²) >= 11 is 12.7. The number of methoxy groups -OCH3 is 1. The first-order chi connectivity index (χ1) is 18.3. The van der Waals surface area contributed by atoms with Crippen molar-refractivity contribution in [1.29, 1.82) is 0 Å². The second-order valence-corrected chi connectivity index (χ2v) is 11.0. The molecule has 5 nitrogen and oxygen atoms in total. The lowest BCUT2D eigenvalue weighted by Crippen LogP contribution is -2.40. The van der Waals surface area contributed by atoms with Gasteiger partial charge in [-0.2, -0.15) is 0 Å². The molecular weight excluding hydrogens is 519 g/mol. The van der Waals surface area contributed by atoms with E-state index >= 15 is 0 Å². The van der Waals surface area contributed by atoms with Gasteiger partial charge in [-0.3, -0.25) is 4.79 Å². The highest BCUT2D eigenvalue weighted by Gasteiger charge is 2.31. The van der Waals surface area contributed by atoms with Crippen LogP contribution in [-0.4, -0.2) is 36.3 Å². The first kappa shape index (κ1) is 26.6. The fourth-order valence-electron chi connectivity index (χ4n) is 5.27. The number of nitrogens with zero attached hydrogens (tertiary/aromatic N) is 1. The van der Waals surface area contributed by atoms with Crippen LogP contribution in [0.25, 0.3) is 10.9 Å². The summed E-state index contributed by atoms with van der Waals surface area (Å²) < 4.78 is 13.4. The Labute approximate surface area is 233 Å². The number of para-hydroxylation sites is 1. The highest BCUT2D eigenvalue weighted by molar-refractivity contribution is 6.42. The Hall–Kier alpha value is -2.99. The van der Waals surface area contributed by atoms with Gasteiger partial charge >= 0.3 is 0 Å². The predicted molar refractivity (Wildman–Crippen MR) is 154 cm³/mol. The van der Waals surface area contributed by atoms with Crippen LogP contribution < -0.4 is 10.1 Å². The first-order valence-electron chi connectivity index (χ1n) is 12.9. The molecule has 198 valence electrons. The fourth-order valence-corrected chi connectivity index (χ4v) is 5.57. The molecule has 0 unspecified atom stereocenters. The number of carbonyl (C=O) groups is 1. The van der Waals surface area contributed by atoms with Crippen LogP contribution in [0.1, 0.15) is 48.8 Å². The van der Waals surface area contributed by atoms with E-state index in [0.29, 0.717) is 23.1 Å². The smallest absolute Gasteiger partial charge is 0.221 e. The zero-order valence-corrected chi connectivity index (χ0v) is 23.2. The zero-order chi connectivity index (χ0) is 26.7. The molecule has 0 bridgehead atoms. The van der Waals surface area contributed by atoms with E-state index in [0.717, 1.165) is 52.8 Å². The first-order valence-corrected chi connectivity index (χ1v) is 13.7. The molecule has 2 atom stereocenters. The average Bonchev–Trinajstić information content (AvgIpc) is 3.52. The van der Waals surface area contributed by atoms with Gasteiger partial charge in [-0.15, -0.1) is 0 Å². The third-order valence-corrected chi connectivity index (χ3v) is 8.14. The van der Waals surface area contributed by atoms with Gasteiger partial charge in [0.15, 0.2) is 0 Å². The lowest BCUT2D eigenvalue weighted by Gasteiger charge is -2.24. The van der Waals surface area contributed by atoms with Gasteiger partial charge in [0.25, 0.3) is 0 Å². The van der Waals surface area contributed by atoms with Crippen molar-refractivity contribution in [2.24, 2.45) is 0 Å². The van der Waals surface area contributed by atoms with E-state index in [-0.39, 0.29) is 23.8 Å². The minimum absolute atomic E-state index is 0.0233. The Morgan fingerprint density at radius 2 is 1.89 bits per heavy atom. The van der Waals surface area contributed by atoms with E-state index in [4.69, 9.17) is 32.7 Å². The molecular formula is C31H32Cl2N2O3. The van der Waals surface area contributed by atoms with Crippen molar-refractivity contribution in [3.05, 3.63) is 99.7 Å². The van der Waals surface area contributed by atoms with Crippen LogP contribution in [0.4, 0.5) is 0 Å². The maximum absolute atomic E-state index is 13.3. The minimum Gasteiger partial charge on any atom is -0.497 e. The number of rotatable bonds is 9. The Morgan fingerprint density at radius 3 is 2.61 bits per heavy atom. The quantitative estimate of drug-likeness (QED) is 0.239. The Kier molecular flexibility index (Phi) is 7.98. The van der Waals surface area contributed by atoms with Crippen LogP contribution in [0.5, 0.6) is 5.75 Å². The molecule has 7 heteroatoms. The summed E-state index contributed by atoms with van der Waals surface area (Å²) in [5.41, 5.74) is 3.99. The molecule has 1 fully saturated rings. The van der Waals surface area contributed by atoms with Gasteiger partial charge < -0.3 is 19.4 Å². The molecule has 38 heavy (non-hydrogen) atoms. The number of carbonyl (C=O) groups excluding carboxylic acids is 1. The normalized spacial score (nSPS) is 18.0. The van der Waals surface area contributed by atoms with E-state index in [1.165, 1.54) is 0 Å². The molecule has 1 aliphatic heterocycles. The molecule has 0 saturated carbocycles. The largest absolute Gasteiger partial charge is 0.497 e. The van der Waals surface area contributed by atoms with Gasteiger partial charge in [-0.25, -0.2) is 0 Å². The van der Waals surface area contributed by atoms with Crippen LogP contribution in [0.3, 0.4) is 0 Å². The number of nitrogens with one attached hydrogen (secondary N) is 1. The van der Waals surface area contributed by atoms with E-state index < -0.39 is 0 Å². The van der Waals surface area contributed by atoms with Gasteiger partial charge in [-0.05, 0) is 66.8 Å². The maximum Gasteiger partial charge on any atom is 0.221 e. The summed E-state index contributed by atoms with van der Waals surface area (Å²) in [7, 11) is 1.67. The van der Waals surface area contributed by atoms with Crippen molar-refractivity contribution < 1.29 is 14.3 Å². The summed E-state index contributed by atoms with van der Waals surface area (Å²) in [4.78, 5) is 13.3. The van der Waals surface area contributed by atoms with Crippen molar-refractivity contribution in [3.63, 3.8) is 0 Å². The molecule has 0 spiro atoms. The van der Waals surface area contributed by atoms with Crippen molar-refractivity contribution in [2.45, 2.75) is 44.2 Å². The number of fused-ring (bicyclic) bond motifs is 1. The second kappa shape index (κ2) is 11.4. The van der Waals surface area contributed by atoms with Crippen molar-refractivity contribution >= 4 is 40.0 Å². The molecule has 2 heterocycles. The van der Waals surface area contributed by atoms with Crippen LogP contribution in [-0.2, 0) is 16.1 Å². The van der Waals surface area contributed by atoms with Crippen LogP contribution >= 0.6 is 23.2 Å². The van der Waals surface area contributed by atoms with E-state index in [1.54, 1.807) is 13.2 Å². The Bertz CT molecular complexity index is 1430. The summed E-state index contributed by atoms with van der Waals surface area (Å²) in [6.45, 7) is 4.00. The molecule has 0 aliphatic carbocycles. The van der Waals surface area contributed by atoms with Gasteiger partial charge in [0.2, 0.25) is 5.91 Å². The summed E-state index contributed by atoms with van der Waals surface area (Å²) in [5.74, 6) is 0.600. The molecule has 1 aromatic heterocycles. The van der Waals surface area contributed by atoms with Gasteiger partial charge in [-0.1, -0.05) is 59.6 Å². The molecule has 1 amide bonds. The molecule has 3 aromatic carbocycles. The third kappa shape index (κ3) is 5.85. The van der Waals surface area contributed by atoms with Crippen LogP contribution in [0.15, 0.2) is 72.9 Å². The molecule has 0 radical (unpaired) electrons. The van der Waals surface area contributed by atoms with E-state index in [9.17, 15) is 4.79 Å². The van der Waals surface area contributed by atoms with Gasteiger partial charge in [0, 0.05) is 49.1 Å². The standard InChI is InChI=1S/C31H32Cl2N2O3/c1-31(14-5-15-38-31)20-34-30(36)17-25(22-10-13-27(32)28(33)16-22)26-19-35(29-7-4-3-6-24(26)29)18-21-8-11-23(37-2)12-9-21/h3-4,6-13,16,19,25H,5,14-15,17-18,20H2,1-2H3,(H,34,36)/t25-,31-/m1/s1. The topological polar surface area (TPSA) is 52.5 Å². The van der Waals surface area contributed by atoms with Gasteiger partial charge in [0.1, 0.15) is 5.75 Å². The lowest BCUT2D eigenvalue weighted by molar-refractivity contribution is -0.122. The second-order valence-electron chi connectivity index (χ2n) is 10.2. The van der Waals surface area contributed by atoms with Crippen molar-refractivity contribution in [1.82, 2.24) is 9.88 Å². The molecule has 1 N–H and O–H groups in total. The average molecular weight is 552 g/mol. The monoisotopic (exact) mass is 550 g/mol. The maximum atomic E-state index is 13.3. The SMILES string of the molecule is COc1ccc(Cn2cc([C@H](CC(=O)NC[C@@]3(C)CCCO3)c3ccc(Cl)c(Cl)c3)c3ccccc32)cc1. The number of hydrogen-bond acceptors (Lipinski definition) is 3. The molecule has 1 aliphatic rings. The summed E-state index contributed by atoms with van der Waals surface area (Å²) in [6, 6.07) is 22.0. The highest BCUT2D eigenvalue weighted by atomic mass is 35.5. The van der Waals surface area contributed by atoms with Crippen molar-refractivity contribution in [2.75, 3.05) is 20.3 Å². The van der Waals surface area contributed by atoms with E-state index in [1.807, 2.05) is 36.4 Å². The van der Waals surface area contributed by atoms with Crippen molar-refractivity contribution in [3.8, 4) is 5.75 Å². The number of halogens is 2. The zero-order valence-electron chi connectivity index (χ0n) is 21.7. The third-order valence-electron chi connectivity index (χ3n) is 7.40. The summed E-state index contributed by atoms with van der Waals surface area (Å²) in [5, 5.41) is 5.20. The number of ether oxygens (including phenoxy) is 2. The minimum atomic E-state index is -0.302. The molecule has 1 saturated heterocycles. The van der Waals surface area contributed by atoms with Gasteiger partial charge in [0.05, 0.1) is 22.8 Å². The lowest BCUT2D eigenvalue weighted by atomic mass is 9.88. The molecule has 4 aromatic rings. The Morgan fingerprint density at radius 1 is 1.11 bits per heavy atom. The predicted octanol–water partition coefficient (Wildman–Crippen LogP) is 7.21. The fraction of sp³-hybridized carbons (Fsp3) is 0.323. The number of hydrogen-bond donors (Lipinski definition) is 1. The van der Waals surface area contributed by atoms with Crippen LogP contribution in [0.2, 0.25) is 10.0 Å². The van der Waals surface area contributed by atoms with Crippen LogP contribution in [0, 0.1) is 0 Å². The highest BCUT2D eigenvalue weighted by Crippen LogP contribution is 2.37. The number of aromatic nitrogens is 1.